The first-order valence-corrected chi connectivity index (χ1v) is 19.8. The van der Waals surface area contributed by atoms with Gasteiger partial charge in [-0.05, 0) is 84.4 Å². The molecular formula is C56H34O2. The summed E-state index contributed by atoms with van der Waals surface area (Å²) in [4.78, 5) is 0. The molecule has 0 amide bonds. The van der Waals surface area contributed by atoms with Gasteiger partial charge in [-0.3, -0.25) is 0 Å². The van der Waals surface area contributed by atoms with E-state index >= 15 is 0 Å². The van der Waals surface area contributed by atoms with E-state index in [9.17, 15) is 0 Å². The van der Waals surface area contributed by atoms with Gasteiger partial charge in [0.1, 0.15) is 22.5 Å². The SMILES string of the molecule is c1ccc(-c2cccc(-c3c4ccccc4c(-c4cc5oc(-c6ccc7ccccc7c6)c(-c6ccccc6)c5c5c4oc4ccccc45)c4ccccc34)c2)cc1. The van der Waals surface area contributed by atoms with Gasteiger partial charge in [-0.2, -0.15) is 0 Å². The van der Waals surface area contributed by atoms with Crippen molar-refractivity contribution in [2.24, 2.45) is 0 Å². The van der Waals surface area contributed by atoms with Crippen molar-refractivity contribution in [3.05, 3.63) is 206 Å². The standard InChI is InChI=1S/C56H34O2/c1-3-16-35(17-4-1)39-22-15-23-40(32-39)50-42-24-9-11-26-44(42)52(45-27-12-10-25-43(45)50)47-34-49-54(53-46-28-13-14-29-48(46)57-56(47)53)51(37-19-5-2-6-20-37)55(58-49)41-31-30-36-18-7-8-21-38(36)33-41/h1-34H. The summed E-state index contributed by atoms with van der Waals surface area (Å²) in [6, 6.07) is 73.7. The van der Waals surface area contributed by atoms with Crippen LogP contribution in [0.5, 0.6) is 0 Å². The lowest BCUT2D eigenvalue weighted by Gasteiger charge is -2.18. The minimum atomic E-state index is 0.823. The second-order valence-corrected chi connectivity index (χ2v) is 15.1. The summed E-state index contributed by atoms with van der Waals surface area (Å²) in [5, 5.41) is 10.2. The number of para-hydroxylation sites is 1. The molecule has 12 aromatic rings. The molecule has 12 rings (SSSR count). The van der Waals surface area contributed by atoms with E-state index in [1.807, 2.05) is 0 Å². The molecule has 2 heteroatoms. The van der Waals surface area contributed by atoms with Gasteiger partial charge in [-0.1, -0.05) is 182 Å². The second kappa shape index (κ2) is 12.9. The summed E-state index contributed by atoms with van der Waals surface area (Å²) in [5.74, 6) is 0.846. The maximum atomic E-state index is 7.21. The van der Waals surface area contributed by atoms with Gasteiger partial charge >= 0.3 is 0 Å². The highest BCUT2D eigenvalue weighted by molar-refractivity contribution is 6.30. The van der Waals surface area contributed by atoms with Gasteiger partial charge in [0.15, 0.2) is 0 Å². The highest BCUT2D eigenvalue weighted by Crippen LogP contribution is 2.52. The third-order valence-corrected chi connectivity index (χ3v) is 11.8. The maximum Gasteiger partial charge on any atom is 0.144 e. The second-order valence-electron chi connectivity index (χ2n) is 15.1. The molecule has 2 aromatic heterocycles. The van der Waals surface area contributed by atoms with Crippen molar-refractivity contribution in [1.29, 1.82) is 0 Å². The van der Waals surface area contributed by atoms with Gasteiger partial charge < -0.3 is 8.83 Å². The molecule has 58 heavy (non-hydrogen) atoms. The van der Waals surface area contributed by atoms with E-state index < -0.39 is 0 Å². The predicted octanol–water partition coefficient (Wildman–Crippen LogP) is 16.1. The molecule has 0 saturated heterocycles. The fourth-order valence-electron chi connectivity index (χ4n) is 9.29. The minimum Gasteiger partial charge on any atom is -0.455 e. The van der Waals surface area contributed by atoms with Crippen molar-refractivity contribution in [2.75, 3.05) is 0 Å². The van der Waals surface area contributed by atoms with E-state index in [1.165, 1.54) is 43.8 Å². The van der Waals surface area contributed by atoms with Gasteiger partial charge in [0.05, 0.1) is 0 Å². The van der Waals surface area contributed by atoms with Crippen LogP contribution < -0.4 is 0 Å². The van der Waals surface area contributed by atoms with E-state index in [2.05, 4.69) is 206 Å². The van der Waals surface area contributed by atoms with Crippen LogP contribution in [0.25, 0.3) is 121 Å². The van der Waals surface area contributed by atoms with Gasteiger partial charge in [0.2, 0.25) is 0 Å². The molecule has 0 N–H and O–H groups in total. The van der Waals surface area contributed by atoms with Crippen molar-refractivity contribution < 1.29 is 8.83 Å². The lowest BCUT2D eigenvalue weighted by Crippen LogP contribution is -1.92. The third-order valence-electron chi connectivity index (χ3n) is 11.8. The maximum absolute atomic E-state index is 7.21. The van der Waals surface area contributed by atoms with Crippen LogP contribution in [0, 0.1) is 0 Å². The van der Waals surface area contributed by atoms with E-state index in [-0.39, 0.29) is 0 Å². The molecular weight excluding hydrogens is 705 g/mol. The van der Waals surface area contributed by atoms with Crippen molar-refractivity contribution in [3.8, 4) is 55.8 Å². The van der Waals surface area contributed by atoms with Crippen LogP contribution in [0.1, 0.15) is 0 Å². The van der Waals surface area contributed by atoms with Crippen molar-refractivity contribution in [1.82, 2.24) is 0 Å². The Balaban J connectivity index is 1.21. The lowest BCUT2D eigenvalue weighted by molar-refractivity contribution is 0.632. The Morgan fingerprint density at radius 1 is 0.276 bits per heavy atom. The Morgan fingerprint density at radius 3 is 1.57 bits per heavy atom. The van der Waals surface area contributed by atoms with Crippen molar-refractivity contribution in [3.63, 3.8) is 0 Å². The Labute approximate surface area is 334 Å². The Morgan fingerprint density at radius 2 is 0.845 bits per heavy atom. The number of benzene rings is 10. The number of hydrogen-bond donors (Lipinski definition) is 0. The molecule has 0 saturated carbocycles. The largest absolute Gasteiger partial charge is 0.455 e. The summed E-state index contributed by atoms with van der Waals surface area (Å²) in [5.41, 5.74) is 12.7. The topological polar surface area (TPSA) is 26.3 Å². The molecule has 2 nitrogen and oxygen atoms in total. The van der Waals surface area contributed by atoms with Crippen LogP contribution in [0.2, 0.25) is 0 Å². The highest BCUT2D eigenvalue weighted by Gasteiger charge is 2.27. The van der Waals surface area contributed by atoms with E-state index in [4.69, 9.17) is 8.83 Å². The van der Waals surface area contributed by atoms with Crippen LogP contribution in [-0.4, -0.2) is 0 Å². The Hall–Kier alpha value is -7.68. The molecule has 0 spiro atoms. The first-order chi connectivity index (χ1) is 28.8. The smallest absolute Gasteiger partial charge is 0.144 e. The van der Waals surface area contributed by atoms with E-state index in [0.29, 0.717) is 0 Å². The fourth-order valence-corrected chi connectivity index (χ4v) is 9.29. The fraction of sp³-hybridized carbons (Fsp3) is 0. The minimum absolute atomic E-state index is 0.823. The monoisotopic (exact) mass is 738 g/mol. The van der Waals surface area contributed by atoms with Crippen LogP contribution in [0.15, 0.2) is 215 Å². The summed E-state index contributed by atoms with van der Waals surface area (Å²) < 4.78 is 14.3. The summed E-state index contributed by atoms with van der Waals surface area (Å²) >= 11 is 0. The summed E-state index contributed by atoms with van der Waals surface area (Å²) in [6.45, 7) is 0. The van der Waals surface area contributed by atoms with Gasteiger partial charge in [-0.25, -0.2) is 0 Å². The van der Waals surface area contributed by atoms with E-state index in [0.717, 1.165) is 77.3 Å². The number of hydrogen-bond acceptors (Lipinski definition) is 2. The van der Waals surface area contributed by atoms with E-state index in [1.54, 1.807) is 0 Å². The third kappa shape index (κ3) is 4.99. The molecule has 2 heterocycles. The van der Waals surface area contributed by atoms with Gasteiger partial charge in [-0.15, -0.1) is 0 Å². The predicted molar refractivity (Wildman–Crippen MR) is 243 cm³/mol. The molecule has 270 valence electrons. The average Bonchev–Trinajstić information content (AvgIpc) is 3.87. The van der Waals surface area contributed by atoms with Gasteiger partial charge in [0, 0.05) is 38.4 Å². The van der Waals surface area contributed by atoms with Crippen LogP contribution in [0.3, 0.4) is 0 Å². The Bertz CT molecular complexity index is 3490. The first kappa shape index (κ1) is 32.6. The van der Waals surface area contributed by atoms with Crippen LogP contribution in [0.4, 0.5) is 0 Å². The molecule has 0 fully saturated rings. The number of fused-ring (bicyclic) bond motifs is 8. The number of furan rings is 2. The lowest BCUT2D eigenvalue weighted by atomic mass is 9.84. The molecule has 0 aliphatic heterocycles. The molecule has 0 aliphatic rings. The van der Waals surface area contributed by atoms with Gasteiger partial charge in [0.25, 0.3) is 0 Å². The molecule has 0 aliphatic carbocycles. The van der Waals surface area contributed by atoms with Crippen molar-refractivity contribution in [2.45, 2.75) is 0 Å². The first-order valence-electron chi connectivity index (χ1n) is 19.8. The summed E-state index contributed by atoms with van der Waals surface area (Å²) in [7, 11) is 0. The highest BCUT2D eigenvalue weighted by atomic mass is 16.3. The van der Waals surface area contributed by atoms with Crippen molar-refractivity contribution >= 4 is 65.2 Å². The molecule has 10 aromatic carbocycles. The molecule has 0 radical (unpaired) electrons. The molecule has 0 bridgehead atoms. The average molecular weight is 739 g/mol. The molecule has 0 atom stereocenters. The van der Waals surface area contributed by atoms with Crippen LogP contribution in [-0.2, 0) is 0 Å². The zero-order chi connectivity index (χ0) is 38.2. The Kier molecular flexibility index (Phi) is 7.26. The molecule has 0 unspecified atom stereocenters. The number of rotatable bonds is 5. The summed E-state index contributed by atoms with van der Waals surface area (Å²) in [6.07, 6.45) is 0. The zero-order valence-electron chi connectivity index (χ0n) is 31.4. The zero-order valence-corrected chi connectivity index (χ0v) is 31.4. The normalized spacial score (nSPS) is 11.8. The van der Waals surface area contributed by atoms with Crippen LogP contribution >= 0.6 is 0 Å². The quantitative estimate of drug-likeness (QED) is 0.164.